The van der Waals surface area contributed by atoms with Gasteiger partial charge < -0.3 is 10.1 Å². The zero-order valence-corrected chi connectivity index (χ0v) is 11.8. The molecule has 1 saturated carbocycles. The Balaban J connectivity index is 1.80. The summed E-state index contributed by atoms with van der Waals surface area (Å²) in [7, 11) is -1.48. The number of rotatable bonds is 5. The number of piperidine rings is 1. The minimum Gasteiger partial charge on any atom is -0.381 e. The molecule has 2 rings (SSSR count). The highest BCUT2D eigenvalue weighted by Gasteiger charge is 2.29. The van der Waals surface area contributed by atoms with Gasteiger partial charge in [0.05, 0.1) is 11.9 Å². The fraction of sp³-hybridized carbons (Fsp3) is 1.00. The van der Waals surface area contributed by atoms with Gasteiger partial charge in [-0.1, -0.05) is 6.42 Å². The molecular weight excluding hydrogens is 252 g/mol. The molecule has 0 aromatic heterocycles. The predicted octanol–water partition coefficient (Wildman–Crippen LogP) is 0.615. The number of nitrogens with one attached hydrogen (secondary N) is 2. The zero-order chi connectivity index (χ0) is 13.0. The molecule has 0 radical (unpaired) electrons. The third kappa shape index (κ3) is 4.19. The molecule has 1 heterocycles. The summed E-state index contributed by atoms with van der Waals surface area (Å²) in [6.07, 6.45) is 6.09. The van der Waals surface area contributed by atoms with Crippen molar-refractivity contribution in [3.63, 3.8) is 0 Å². The summed E-state index contributed by atoms with van der Waals surface area (Å²) in [4.78, 5) is 0. The first kappa shape index (κ1) is 14.2. The third-order valence-electron chi connectivity index (χ3n) is 3.90. The Morgan fingerprint density at radius 2 is 2.11 bits per heavy atom. The van der Waals surface area contributed by atoms with Crippen LogP contribution in [0, 0.1) is 0 Å². The van der Waals surface area contributed by atoms with E-state index in [1.807, 2.05) is 0 Å². The van der Waals surface area contributed by atoms with E-state index in [0.717, 1.165) is 45.1 Å². The normalized spacial score (nSPS) is 33.7. The van der Waals surface area contributed by atoms with E-state index in [-0.39, 0.29) is 23.9 Å². The van der Waals surface area contributed by atoms with Crippen molar-refractivity contribution >= 4 is 10.0 Å². The molecule has 3 unspecified atom stereocenters. The highest BCUT2D eigenvalue weighted by atomic mass is 32.2. The first-order valence-corrected chi connectivity index (χ1v) is 8.50. The molecule has 2 fully saturated rings. The van der Waals surface area contributed by atoms with Crippen LogP contribution in [0.2, 0.25) is 0 Å². The first-order chi connectivity index (χ1) is 8.59. The number of ether oxygens (including phenoxy) is 1. The van der Waals surface area contributed by atoms with Gasteiger partial charge >= 0.3 is 0 Å². The van der Waals surface area contributed by atoms with Crippen LogP contribution < -0.4 is 10.0 Å². The quantitative estimate of drug-likeness (QED) is 0.772. The van der Waals surface area contributed by atoms with Crippen LogP contribution in [0.5, 0.6) is 0 Å². The second-order valence-corrected chi connectivity index (χ2v) is 7.21. The molecule has 18 heavy (non-hydrogen) atoms. The van der Waals surface area contributed by atoms with Crippen LogP contribution in [0.15, 0.2) is 0 Å². The molecule has 1 aliphatic heterocycles. The summed E-state index contributed by atoms with van der Waals surface area (Å²) in [6.45, 7) is 0.940. The van der Waals surface area contributed by atoms with Gasteiger partial charge in [0.1, 0.15) is 0 Å². The van der Waals surface area contributed by atoms with E-state index in [1.165, 1.54) is 0 Å². The van der Waals surface area contributed by atoms with Gasteiger partial charge in [-0.3, -0.25) is 0 Å². The van der Waals surface area contributed by atoms with Crippen LogP contribution >= 0.6 is 0 Å². The summed E-state index contributed by atoms with van der Waals surface area (Å²) in [5, 5.41) is 3.28. The smallest absolute Gasteiger partial charge is 0.213 e. The standard InChI is InChI=1S/C12H24N2O3S/c1-17-12-6-5-10(8-12)14-18(15,16)9-11-4-2-3-7-13-11/h10-14H,2-9H2,1H3. The lowest BCUT2D eigenvalue weighted by atomic mass is 10.1. The second-order valence-electron chi connectivity index (χ2n) is 5.41. The molecule has 1 aliphatic carbocycles. The van der Waals surface area contributed by atoms with Crippen LogP contribution in [0.25, 0.3) is 0 Å². The Kier molecular flexibility index (Phi) is 5.00. The molecule has 6 heteroatoms. The summed E-state index contributed by atoms with van der Waals surface area (Å²) < 4.78 is 32.2. The largest absolute Gasteiger partial charge is 0.381 e. The van der Waals surface area contributed by atoms with Crippen molar-refractivity contribution in [1.29, 1.82) is 0 Å². The molecular formula is C12H24N2O3S. The summed E-state index contributed by atoms with van der Waals surface area (Å²) in [5.74, 6) is 0.209. The van der Waals surface area contributed by atoms with E-state index >= 15 is 0 Å². The van der Waals surface area contributed by atoms with Crippen molar-refractivity contribution in [3.05, 3.63) is 0 Å². The molecule has 2 N–H and O–H groups in total. The van der Waals surface area contributed by atoms with Crippen molar-refractivity contribution < 1.29 is 13.2 Å². The average Bonchev–Trinajstić information content (AvgIpc) is 2.76. The zero-order valence-electron chi connectivity index (χ0n) is 11.0. The van der Waals surface area contributed by atoms with Crippen molar-refractivity contribution in [2.45, 2.75) is 56.7 Å². The molecule has 3 atom stereocenters. The number of sulfonamides is 1. The molecule has 106 valence electrons. The molecule has 5 nitrogen and oxygen atoms in total. The predicted molar refractivity (Wildman–Crippen MR) is 71.0 cm³/mol. The van der Waals surface area contributed by atoms with E-state index in [2.05, 4.69) is 10.0 Å². The van der Waals surface area contributed by atoms with E-state index in [9.17, 15) is 8.42 Å². The van der Waals surface area contributed by atoms with Gasteiger partial charge in [0.15, 0.2) is 0 Å². The van der Waals surface area contributed by atoms with Crippen LogP contribution in [-0.2, 0) is 14.8 Å². The van der Waals surface area contributed by atoms with Crippen LogP contribution in [-0.4, -0.2) is 46.0 Å². The summed E-state index contributed by atoms with van der Waals surface area (Å²) in [5.41, 5.74) is 0. The van der Waals surface area contributed by atoms with E-state index in [4.69, 9.17) is 4.74 Å². The molecule has 0 aromatic rings. The van der Waals surface area contributed by atoms with Gasteiger partial charge in [0, 0.05) is 19.2 Å². The van der Waals surface area contributed by atoms with Crippen molar-refractivity contribution in [3.8, 4) is 0 Å². The molecule has 0 amide bonds. The monoisotopic (exact) mass is 276 g/mol. The Bertz CT molecular complexity index is 352. The van der Waals surface area contributed by atoms with Gasteiger partial charge in [-0.15, -0.1) is 0 Å². The fourth-order valence-electron chi connectivity index (χ4n) is 2.89. The van der Waals surface area contributed by atoms with E-state index < -0.39 is 10.0 Å². The molecule has 0 bridgehead atoms. The SMILES string of the molecule is COC1CCC(NS(=O)(=O)CC2CCCCN2)C1. The third-order valence-corrected chi connectivity index (χ3v) is 5.43. The molecule has 0 aromatic carbocycles. The number of hydrogen-bond acceptors (Lipinski definition) is 4. The Morgan fingerprint density at radius 1 is 1.28 bits per heavy atom. The summed E-state index contributed by atoms with van der Waals surface area (Å²) >= 11 is 0. The average molecular weight is 276 g/mol. The minimum atomic E-state index is -3.16. The van der Waals surface area contributed by atoms with Crippen LogP contribution in [0.1, 0.15) is 38.5 Å². The van der Waals surface area contributed by atoms with Gasteiger partial charge in [0.25, 0.3) is 0 Å². The fourth-order valence-corrected chi connectivity index (χ4v) is 4.53. The number of hydrogen-bond donors (Lipinski definition) is 2. The van der Waals surface area contributed by atoms with Crippen LogP contribution in [0.3, 0.4) is 0 Å². The topological polar surface area (TPSA) is 67.4 Å². The Labute approximate surface area is 110 Å². The molecule has 1 saturated heterocycles. The Morgan fingerprint density at radius 3 is 2.72 bits per heavy atom. The van der Waals surface area contributed by atoms with E-state index in [1.54, 1.807) is 7.11 Å². The maximum absolute atomic E-state index is 12.1. The lowest BCUT2D eigenvalue weighted by Gasteiger charge is -2.24. The van der Waals surface area contributed by atoms with Crippen molar-refractivity contribution in [2.24, 2.45) is 0 Å². The van der Waals surface area contributed by atoms with Crippen LogP contribution in [0.4, 0.5) is 0 Å². The molecule has 2 aliphatic rings. The second kappa shape index (κ2) is 6.32. The minimum absolute atomic E-state index is 0.0588. The highest BCUT2D eigenvalue weighted by molar-refractivity contribution is 7.89. The van der Waals surface area contributed by atoms with Gasteiger partial charge in [0.2, 0.25) is 10.0 Å². The first-order valence-electron chi connectivity index (χ1n) is 6.85. The lowest BCUT2D eigenvalue weighted by Crippen LogP contribution is -2.44. The van der Waals surface area contributed by atoms with Gasteiger partial charge in [-0.05, 0) is 38.6 Å². The summed E-state index contributed by atoms with van der Waals surface area (Å²) in [6, 6.07) is 0.180. The van der Waals surface area contributed by atoms with Gasteiger partial charge in [-0.25, -0.2) is 13.1 Å². The van der Waals surface area contributed by atoms with Crippen molar-refractivity contribution in [2.75, 3.05) is 19.4 Å². The van der Waals surface area contributed by atoms with Gasteiger partial charge in [-0.2, -0.15) is 0 Å². The maximum Gasteiger partial charge on any atom is 0.213 e. The highest BCUT2D eigenvalue weighted by Crippen LogP contribution is 2.22. The van der Waals surface area contributed by atoms with E-state index in [0.29, 0.717) is 0 Å². The van der Waals surface area contributed by atoms with Crippen molar-refractivity contribution in [1.82, 2.24) is 10.0 Å². The number of methoxy groups -OCH3 is 1. The lowest BCUT2D eigenvalue weighted by molar-refractivity contribution is 0.107. The molecule has 0 spiro atoms. The maximum atomic E-state index is 12.1. The Hall–Kier alpha value is -0.170.